The van der Waals surface area contributed by atoms with Crippen molar-refractivity contribution in [2.24, 2.45) is 0 Å². The second kappa shape index (κ2) is 5.66. The third-order valence-corrected chi connectivity index (χ3v) is 2.05. The van der Waals surface area contributed by atoms with E-state index in [2.05, 4.69) is 14.5 Å². The molecule has 0 bridgehead atoms. The van der Waals surface area contributed by atoms with Gasteiger partial charge in [-0.2, -0.15) is 13.2 Å². The molecule has 0 aromatic carbocycles. The zero-order valence-corrected chi connectivity index (χ0v) is 10.2. The average molecular weight is 319 g/mol. The highest BCUT2D eigenvalue weighted by Crippen LogP contribution is 2.43. The van der Waals surface area contributed by atoms with E-state index in [9.17, 15) is 31.1 Å². The lowest BCUT2D eigenvalue weighted by Gasteiger charge is -2.18. The van der Waals surface area contributed by atoms with Crippen molar-refractivity contribution in [3.05, 3.63) is 17.3 Å². The fraction of sp³-hybridized carbons (Fsp3) is 0.400. The van der Waals surface area contributed by atoms with E-state index in [1.807, 2.05) is 0 Å². The number of aromatic nitrogens is 1. The van der Waals surface area contributed by atoms with Crippen LogP contribution in [0.1, 0.15) is 11.3 Å². The van der Waals surface area contributed by atoms with Crippen molar-refractivity contribution in [2.45, 2.75) is 19.0 Å². The molecule has 0 amide bonds. The van der Waals surface area contributed by atoms with Crippen molar-refractivity contribution in [3.8, 4) is 11.6 Å². The van der Waals surface area contributed by atoms with Gasteiger partial charge >= 0.3 is 18.5 Å². The van der Waals surface area contributed by atoms with E-state index < -0.39 is 47.8 Å². The molecule has 1 rings (SSSR count). The summed E-state index contributed by atoms with van der Waals surface area (Å²) < 4.78 is 82.4. The second-order valence-corrected chi connectivity index (χ2v) is 3.61. The Hall–Kier alpha value is -2.20. The molecule has 0 atom stereocenters. The third-order valence-electron chi connectivity index (χ3n) is 2.05. The second-order valence-electron chi connectivity index (χ2n) is 3.61. The van der Waals surface area contributed by atoms with Crippen molar-refractivity contribution in [1.82, 2.24) is 4.98 Å². The first-order valence-electron chi connectivity index (χ1n) is 5.06. The first-order valence-corrected chi connectivity index (χ1v) is 5.06. The standard InChI is InChI=1S/C10H7F6NO4/c1-20-5-2-4(3-6(18)19)17-8(21-10(14,15)16)7(5)9(11,12)13/h2H,3H2,1H3,(H,18,19). The predicted octanol–water partition coefficient (Wildman–Crippen LogP) is 2.63. The van der Waals surface area contributed by atoms with Crippen molar-refractivity contribution in [2.75, 3.05) is 7.11 Å². The fourth-order valence-electron chi connectivity index (χ4n) is 1.40. The van der Waals surface area contributed by atoms with E-state index in [0.29, 0.717) is 6.07 Å². The van der Waals surface area contributed by atoms with Crippen LogP contribution in [0, 0.1) is 0 Å². The maximum Gasteiger partial charge on any atom is 0.574 e. The smallest absolute Gasteiger partial charge is 0.496 e. The van der Waals surface area contributed by atoms with Gasteiger partial charge in [-0.3, -0.25) is 4.79 Å². The summed E-state index contributed by atoms with van der Waals surface area (Å²) in [7, 11) is 0.784. The number of pyridine rings is 1. The number of carboxylic acids is 1. The van der Waals surface area contributed by atoms with Crippen LogP contribution in [-0.2, 0) is 17.4 Å². The lowest BCUT2D eigenvalue weighted by atomic mass is 10.2. The van der Waals surface area contributed by atoms with Crippen LogP contribution in [0.15, 0.2) is 6.07 Å². The van der Waals surface area contributed by atoms with Crippen LogP contribution in [-0.4, -0.2) is 29.5 Å². The predicted molar refractivity (Wildman–Crippen MR) is 53.8 cm³/mol. The average Bonchev–Trinajstić information content (AvgIpc) is 2.22. The normalized spacial score (nSPS) is 12.1. The zero-order valence-electron chi connectivity index (χ0n) is 10.2. The van der Waals surface area contributed by atoms with Crippen LogP contribution in [0.2, 0.25) is 0 Å². The molecule has 1 aromatic heterocycles. The van der Waals surface area contributed by atoms with Gasteiger partial charge in [0.25, 0.3) is 0 Å². The summed E-state index contributed by atoms with van der Waals surface area (Å²) in [5, 5.41) is 8.52. The SMILES string of the molecule is COc1cc(CC(=O)O)nc(OC(F)(F)F)c1C(F)(F)F. The quantitative estimate of drug-likeness (QED) is 0.864. The van der Waals surface area contributed by atoms with Gasteiger partial charge in [-0.1, -0.05) is 0 Å². The van der Waals surface area contributed by atoms with E-state index in [-0.39, 0.29) is 0 Å². The topological polar surface area (TPSA) is 68.7 Å². The first-order chi connectivity index (χ1) is 9.44. The number of hydrogen-bond acceptors (Lipinski definition) is 4. The Balaban J connectivity index is 3.48. The minimum atomic E-state index is -5.43. The highest BCUT2D eigenvalue weighted by molar-refractivity contribution is 5.70. The molecule has 0 radical (unpaired) electrons. The van der Waals surface area contributed by atoms with E-state index in [0.717, 1.165) is 7.11 Å². The molecule has 0 saturated heterocycles. The minimum Gasteiger partial charge on any atom is -0.496 e. The van der Waals surface area contributed by atoms with Crippen molar-refractivity contribution in [1.29, 1.82) is 0 Å². The number of hydrogen-bond donors (Lipinski definition) is 1. The zero-order chi connectivity index (χ0) is 16.4. The molecule has 0 aliphatic carbocycles. The van der Waals surface area contributed by atoms with Crippen molar-refractivity contribution >= 4 is 5.97 Å². The molecule has 0 fully saturated rings. The molecule has 0 unspecified atom stereocenters. The third kappa shape index (κ3) is 4.68. The molecule has 0 aliphatic rings. The Kier molecular flexibility index (Phi) is 4.54. The fourth-order valence-corrected chi connectivity index (χ4v) is 1.40. The molecule has 1 aromatic rings. The number of aliphatic carboxylic acids is 1. The highest BCUT2D eigenvalue weighted by atomic mass is 19.4. The largest absolute Gasteiger partial charge is 0.574 e. The number of carboxylic acid groups (broad SMARTS) is 1. The van der Waals surface area contributed by atoms with Gasteiger partial charge in [-0.05, 0) is 0 Å². The number of rotatable bonds is 4. The summed E-state index contributed by atoms with van der Waals surface area (Å²) in [5.41, 5.74) is -2.46. The molecule has 1 heterocycles. The van der Waals surface area contributed by atoms with E-state index >= 15 is 0 Å². The molecule has 0 aliphatic heterocycles. The number of ether oxygens (including phenoxy) is 2. The Morgan fingerprint density at radius 1 is 1.29 bits per heavy atom. The van der Waals surface area contributed by atoms with Crippen molar-refractivity contribution in [3.63, 3.8) is 0 Å². The van der Waals surface area contributed by atoms with E-state index in [1.54, 1.807) is 0 Å². The molecular weight excluding hydrogens is 312 g/mol. The molecule has 118 valence electrons. The highest BCUT2D eigenvalue weighted by Gasteiger charge is 2.43. The van der Waals surface area contributed by atoms with E-state index in [4.69, 9.17) is 5.11 Å². The number of alkyl halides is 6. The summed E-state index contributed by atoms with van der Waals surface area (Å²) in [4.78, 5) is 13.4. The number of nitrogens with zero attached hydrogens (tertiary/aromatic N) is 1. The van der Waals surface area contributed by atoms with Crippen LogP contribution < -0.4 is 9.47 Å². The van der Waals surface area contributed by atoms with Crippen LogP contribution in [0.25, 0.3) is 0 Å². The Morgan fingerprint density at radius 2 is 1.86 bits per heavy atom. The molecular formula is C10H7F6NO4. The maximum absolute atomic E-state index is 12.8. The number of methoxy groups -OCH3 is 1. The molecule has 1 N–H and O–H groups in total. The minimum absolute atomic E-state index is 0.577. The van der Waals surface area contributed by atoms with Gasteiger partial charge < -0.3 is 14.6 Å². The lowest BCUT2D eigenvalue weighted by molar-refractivity contribution is -0.278. The lowest BCUT2D eigenvalue weighted by Crippen LogP contribution is -2.22. The van der Waals surface area contributed by atoms with Gasteiger partial charge in [0.05, 0.1) is 19.2 Å². The summed E-state index contributed by atoms with van der Waals surface area (Å²) >= 11 is 0. The molecule has 0 spiro atoms. The molecule has 0 saturated carbocycles. The van der Waals surface area contributed by atoms with Gasteiger partial charge in [-0.15, -0.1) is 13.2 Å². The molecule has 5 nitrogen and oxygen atoms in total. The first kappa shape index (κ1) is 16.9. The Labute approximate surface area is 113 Å². The molecule has 21 heavy (non-hydrogen) atoms. The van der Waals surface area contributed by atoms with Gasteiger partial charge in [0, 0.05) is 6.07 Å². The van der Waals surface area contributed by atoms with Crippen LogP contribution in [0.5, 0.6) is 11.6 Å². The Bertz CT molecular complexity index is 540. The summed E-state index contributed by atoms with van der Waals surface area (Å²) in [6.45, 7) is 0. The molecule has 11 heteroatoms. The van der Waals surface area contributed by atoms with Crippen LogP contribution in [0.3, 0.4) is 0 Å². The van der Waals surface area contributed by atoms with Crippen LogP contribution in [0.4, 0.5) is 26.3 Å². The Morgan fingerprint density at radius 3 is 2.24 bits per heavy atom. The maximum atomic E-state index is 12.8. The van der Waals surface area contributed by atoms with Gasteiger partial charge in [-0.25, -0.2) is 4.98 Å². The number of carbonyl (C=O) groups is 1. The van der Waals surface area contributed by atoms with Crippen LogP contribution >= 0.6 is 0 Å². The monoisotopic (exact) mass is 319 g/mol. The summed E-state index contributed by atoms with van der Waals surface area (Å²) in [6.07, 6.45) is -11.6. The summed E-state index contributed by atoms with van der Waals surface area (Å²) in [6, 6.07) is 0.584. The van der Waals surface area contributed by atoms with Gasteiger partial charge in [0.15, 0.2) is 5.56 Å². The number of halogens is 6. The van der Waals surface area contributed by atoms with Gasteiger partial charge in [0.1, 0.15) is 5.75 Å². The van der Waals surface area contributed by atoms with Gasteiger partial charge in [0.2, 0.25) is 5.88 Å². The van der Waals surface area contributed by atoms with E-state index in [1.165, 1.54) is 0 Å². The van der Waals surface area contributed by atoms with Crippen molar-refractivity contribution < 1.29 is 45.7 Å². The summed E-state index contributed by atoms with van der Waals surface area (Å²) in [5.74, 6) is -4.33.